The molecule has 1 aromatic heterocycles. The molecule has 5 rings (SSSR count). The number of hydrogen-bond acceptors (Lipinski definition) is 7. The molecule has 1 aliphatic heterocycles. The van der Waals surface area contributed by atoms with Crippen LogP contribution in [-0.2, 0) is 16.0 Å². The number of aryl methyl sites for hydroxylation is 1. The lowest BCUT2D eigenvalue weighted by Crippen LogP contribution is -2.48. The lowest BCUT2D eigenvalue weighted by atomic mass is 9.84. The lowest BCUT2D eigenvalue weighted by molar-refractivity contribution is -0.129. The van der Waals surface area contributed by atoms with E-state index < -0.39 is 6.04 Å². The highest BCUT2D eigenvalue weighted by Crippen LogP contribution is 2.36. The van der Waals surface area contributed by atoms with Crippen molar-refractivity contribution in [1.82, 2.24) is 20.6 Å². The van der Waals surface area contributed by atoms with Gasteiger partial charge in [0.25, 0.3) is 0 Å². The number of hydrogen-bond donors (Lipinski definition) is 3. The van der Waals surface area contributed by atoms with Crippen molar-refractivity contribution in [3.05, 3.63) is 47.2 Å². The maximum atomic E-state index is 13.2. The molecule has 9 nitrogen and oxygen atoms in total. The average molecular weight is 566 g/mol. The van der Waals surface area contributed by atoms with E-state index in [9.17, 15) is 9.59 Å². The number of amides is 2. The molecule has 2 amide bonds. The van der Waals surface area contributed by atoms with Crippen LogP contribution in [0.15, 0.2) is 36.7 Å². The zero-order valence-corrected chi connectivity index (χ0v) is 23.6. The number of rotatable bonds is 3. The fourth-order valence-corrected chi connectivity index (χ4v) is 5.71. The number of benzene rings is 2. The molecule has 10 heteroatoms. The van der Waals surface area contributed by atoms with E-state index in [4.69, 9.17) is 21.1 Å². The Labute approximate surface area is 239 Å². The second-order valence-corrected chi connectivity index (χ2v) is 11.0. The van der Waals surface area contributed by atoms with Crippen molar-refractivity contribution >= 4 is 45.8 Å². The van der Waals surface area contributed by atoms with Gasteiger partial charge in [-0.2, -0.15) is 0 Å². The summed E-state index contributed by atoms with van der Waals surface area (Å²) in [7, 11) is 1.59. The van der Waals surface area contributed by atoms with Gasteiger partial charge in [-0.3, -0.25) is 9.59 Å². The number of nitrogens with zero attached hydrogens (tertiary/aromatic N) is 2. The highest BCUT2D eigenvalue weighted by Gasteiger charge is 2.26. The minimum absolute atomic E-state index is 0.140. The molecule has 2 aromatic carbocycles. The highest BCUT2D eigenvalue weighted by molar-refractivity contribution is 6.30. The Morgan fingerprint density at radius 3 is 2.73 bits per heavy atom. The van der Waals surface area contributed by atoms with Crippen LogP contribution in [0.4, 0.5) is 11.5 Å². The summed E-state index contributed by atoms with van der Waals surface area (Å²) >= 11 is 6.36. The van der Waals surface area contributed by atoms with Gasteiger partial charge in [0.2, 0.25) is 11.8 Å². The van der Waals surface area contributed by atoms with Gasteiger partial charge in [-0.1, -0.05) is 49.8 Å². The van der Waals surface area contributed by atoms with Crippen molar-refractivity contribution in [2.75, 3.05) is 25.6 Å². The number of carbonyl (C=O) groups is 2. The first kappa shape index (κ1) is 28.0. The smallest absolute Gasteiger partial charge is 0.242 e. The first-order chi connectivity index (χ1) is 19.5. The van der Waals surface area contributed by atoms with Gasteiger partial charge in [0.05, 0.1) is 19.2 Å². The maximum absolute atomic E-state index is 13.2. The summed E-state index contributed by atoms with van der Waals surface area (Å²) in [5.41, 5.74) is 2.34. The van der Waals surface area contributed by atoms with Crippen LogP contribution < -0.4 is 25.4 Å². The molecule has 0 spiro atoms. The normalized spacial score (nSPS) is 19.4. The predicted molar refractivity (Wildman–Crippen MR) is 155 cm³/mol. The van der Waals surface area contributed by atoms with Gasteiger partial charge in [0, 0.05) is 35.1 Å². The second kappa shape index (κ2) is 13.2. The van der Waals surface area contributed by atoms with Crippen molar-refractivity contribution in [2.24, 2.45) is 5.92 Å². The second-order valence-electron chi connectivity index (χ2n) is 10.5. The van der Waals surface area contributed by atoms with Crippen LogP contribution in [0.2, 0.25) is 5.02 Å². The van der Waals surface area contributed by atoms with Crippen LogP contribution >= 0.6 is 11.6 Å². The SMILES string of the molecule is COc1cc2ncnc3c2cc1OCCCNC(=O)[C@H](CC1CCCCC1)NC(=O)CCc1ccc(Cl)cc1N3. The Kier molecular flexibility index (Phi) is 9.21. The molecule has 1 aliphatic carbocycles. The number of nitrogens with one attached hydrogen (secondary N) is 3. The molecule has 2 aliphatic rings. The number of aromatic nitrogens is 2. The molecule has 0 saturated heterocycles. The summed E-state index contributed by atoms with van der Waals surface area (Å²) in [6.45, 7) is 0.812. The molecule has 2 bridgehead atoms. The highest BCUT2D eigenvalue weighted by atomic mass is 35.5. The standard InChI is InChI=1S/C30H36ClN5O4/c1-39-26-17-24-22-16-27(26)40-13-5-12-32-30(38)25(14-19-6-3-2-4-7-19)35-28(37)11-9-20-8-10-21(31)15-23(20)36-29(22)34-18-33-24/h8,10,15-19,25H,2-7,9,11-14H2,1H3,(H,32,38)(H,35,37)(H,33,34,36)/t25-/m0/s1. The zero-order valence-electron chi connectivity index (χ0n) is 22.8. The fraction of sp³-hybridized carbons (Fsp3) is 0.467. The van der Waals surface area contributed by atoms with Crippen molar-refractivity contribution in [2.45, 2.75) is 63.8 Å². The minimum atomic E-state index is -0.552. The van der Waals surface area contributed by atoms with Gasteiger partial charge in [-0.25, -0.2) is 9.97 Å². The average Bonchev–Trinajstić information content (AvgIpc) is 2.96. The Morgan fingerprint density at radius 2 is 1.90 bits per heavy atom. The summed E-state index contributed by atoms with van der Waals surface area (Å²) < 4.78 is 11.6. The molecule has 0 radical (unpaired) electrons. The number of methoxy groups -OCH3 is 1. The molecular weight excluding hydrogens is 530 g/mol. The van der Waals surface area contributed by atoms with E-state index in [2.05, 4.69) is 25.9 Å². The summed E-state index contributed by atoms with van der Waals surface area (Å²) in [5.74, 6) is 1.88. The molecule has 212 valence electrons. The molecule has 0 unspecified atom stereocenters. The number of ether oxygens (including phenoxy) is 2. The third kappa shape index (κ3) is 6.94. The molecule has 1 saturated carbocycles. The Balaban J connectivity index is 1.44. The quantitative estimate of drug-likeness (QED) is 0.393. The number of halogens is 1. The van der Waals surface area contributed by atoms with Gasteiger partial charge in [0.15, 0.2) is 11.5 Å². The number of fused-ring (bicyclic) bond motifs is 2. The van der Waals surface area contributed by atoms with Crippen LogP contribution in [0.1, 0.15) is 56.9 Å². The van der Waals surface area contributed by atoms with Gasteiger partial charge >= 0.3 is 0 Å². The monoisotopic (exact) mass is 565 g/mol. The van der Waals surface area contributed by atoms with Gasteiger partial charge in [-0.05, 0) is 48.9 Å². The summed E-state index contributed by atoms with van der Waals surface area (Å²) in [5, 5.41) is 10.8. The Morgan fingerprint density at radius 1 is 1.05 bits per heavy atom. The lowest BCUT2D eigenvalue weighted by Gasteiger charge is -2.27. The number of carbonyl (C=O) groups excluding carboxylic acids is 2. The minimum Gasteiger partial charge on any atom is -0.493 e. The van der Waals surface area contributed by atoms with Crippen LogP contribution in [0.3, 0.4) is 0 Å². The molecule has 40 heavy (non-hydrogen) atoms. The topological polar surface area (TPSA) is 114 Å². The van der Waals surface area contributed by atoms with Gasteiger partial charge in [-0.15, -0.1) is 0 Å². The summed E-state index contributed by atoms with van der Waals surface area (Å²) in [6.07, 6.45) is 9.26. The maximum Gasteiger partial charge on any atom is 0.242 e. The van der Waals surface area contributed by atoms with E-state index >= 15 is 0 Å². The van der Waals surface area contributed by atoms with Crippen LogP contribution in [0.25, 0.3) is 10.9 Å². The van der Waals surface area contributed by atoms with E-state index in [0.717, 1.165) is 29.5 Å². The van der Waals surface area contributed by atoms with Crippen molar-refractivity contribution in [3.63, 3.8) is 0 Å². The molecule has 3 aromatic rings. The largest absolute Gasteiger partial charge is 0.493 e. The van der Waals surface area contributed by atoms with E-state index in [-0.39, 0.29) is 18.2 Å². The van der Waals surface area contributed by atoms with E-state index in [1.807, 2.05) is 24.3 Å². The Bertz CT molecular complexity index is 1360. The van der Waals surface area contributed by atoms with Crippen LogP contribution in [0.5, 0.6) is 11.5 Å². The molecule has 1 atom stereocenters. The first-order valence-corrected chi connectivity index (χ1v) is 14.5. The Hall–Kier alpha value is -3.59. The zero-order chi connectivity index (χ0) is 27.9. The van der Waals surface area contributed by atoms with E-state index in [0.29, 0.717) is 66.2 Å². The molecular formula is C30H36ClN5O4. The predicted octanol–water partition coefficient (Wildman–Crippen LogP) is 5.32. The number of anilines is 2. The third-order valence-corrected chi connectivity index (χ3v) is 7.93. The summed E-state index contributed by atoms with van der Waals surface area (Å²) in [6, 6.07) is 8.65. The molecule has 2 heterocycles. The van der Waals surface area contributed by atoms with Crippen molar-refractivity contribution < 1.29 is 19.1 Å². The molecule has 1 fully saturated rings. The fourth-order valence-electron chi connectivity index (χ4n) is 5.54. The first-order valence-electron chi connectivity index (χ1n) is 14.1. The third-order valence-electron chi connectivity index (χ3n) is 7.69. The van der Waals surface area contributed by atoms with Gasteiger partial charge in [0.1, 0.15) is 18.2 Å². The molecule has 3 N–H and O–H groups in total. The van der Waals surface area contributed by atoms with Crippen LogP contribution in [0, 0.1) is 5.92 Å². The van der Waals surface area contributed by atoms with Crippen molar-refractivity contribution in [3.8, 4) is 11.5 Å². The van der Waals surface area contributed by atoms with E-state index in [1.165, 1.54) is 25.6 Å². The van der Waals surface area contributed by atoms with Crippen LogP contribution in [-0.4, -0.2) is 48.1 Å². The van der Waals surface area contributed by atoms with Crippen molar-refractivity contribution in [1.29, 1.82) is 0 Å². The van der Waals surface area contributed by atoms with Gasteiger partial charge < -0.3 is 25.4 Å². The van der Waals surface area contributed by atoms with E-state index in [1.54, 1.807) is 13.2 Å². The summed E-state index contributed by atoms with van der Waals surface area (Å²) in [4.78, 5) is 35.2.